The van der Waals surface area contributed by atoms with E-state index in [2.05, 4.69) is 55.6 Å². The molecule has 102 valence electrons. The molecule has 3 heteroatoms. The summed E-state index contributed by atoms with van der Waals surface area (Å²) in [5.74, 6) is 0.443. The summed E-state index contributed by atoms with van der Waals surface area (Å²) in [5, 5.41) is 12.7. The first kappa shape index (κ1) is 14.3. The van der Waals surface area contributed by atoms with Crippen LogP contribution in [0.15, 0.2) is 42.5 Å². The van der Waals surface area contributed by atoms with Crippen molar-refractivity contribution in [2.75, 3.05) is 6.61 Å². The van der Waals surface area contributed by atoms with Crippen LogP contribution in [0.2, 0.25) is 0 Å². The molecule has 1 aromatic carbocycles. The van der Waals surface area contributed by atoms with Crippen molar-refractivity contribution in [2.24, 2.45) is 5.92 Å². The molecule has 0 aliphatic heterocycles. The second-order valence-electron chi connectivity index (χ2n) is 5.05. The molecule has 0 radical (unpaired) electrons. The maximum atomic E-state index is 9.30. The summed E-state index contributed by atoms with van der Waals surface area (Å²) in [6.45, 7) is 5.25. The number of hydrogen-bond acceptors (Lipinski definition) is 3. The van der Waals surface area contributed by atoms with E-state index in [0.29, 0.717) is 5.92 Å². The molecule has 1 heterocycles. The van der Waals surface area contributed by atoms with Gasteiger partial charge in [-0.05, 0) is 23.6 Å². The van der Waals surface area contributed by atoms with Crippen LogP contribution in [0.5, 0.6) is 0 Å². The predicted molar refractivity (Wildman–Crippen MR) is 82.3 cm³/mol. The van der Waals surface area contributed by atoms with Gasteiger partial charge < -0.3 is 10.4 Å². The Balaban J connectivity index is 1.98. The van der Waals surface area contributed by atoms with Gasteiger partial charge in [-0.1, -0.05) is 44.2 Å². The molecular weight excluding hydrogens is 254 g/mol. The van der Waals surface area contributed by atoms with Gasteiger partial charge in [0.15, 0.2) is 0 Å². The van der Waals surface area contributed by atoms with Crippen LogP contribution in [0.3, 0.4) is 0 Å². The van der Waals surface area contributed by atoms with Crippen LogP contribution in [0, 0.1) is 5.92 Å². The zero-order valence-electron chi connectivity index (χ0n) is 11.5. The Kier molecular flexibility index (Phi) is 5.14. The van der Waals surface area contributed by atoms with E-state index in [4.69, 9.17) is 0 Å². The molecule has 0 amide bonds. The van der Waals surface area contributed by atoms with Gasteiger partial charge in [0.25, 0.3) is 0 Å². The van der Waals surface area contributed by atoms with E-state index in [0.717, 1.165) is 6.54 Å². The Labute approximate surface area is 119 Å². The minimum Gasteiger partial charge on any atom is -0.395 e. The van der Waals surface area contributed by atoms with Crippen molar-refractivity contribution in [3.8, 4) is 10.4 Å². The second-order valence-corrected chi connectivity index (χ2v) is 6.21. The lowest BCUT2D eigenvalue weighted by Gasteiger charge is -2.19. The standard InChI is InChI=1S/C16H21NOS/c1-12(2)15(11-18)17-10-14-8-9-16(19-14)13-6-4-3-5-7-13/h3-9,12,15,17-18H,10-11H2,1-2H3. The zero-order chi connectivity index (χ0) is 13.7. The van der Waals surface area contributed by atoms with Crippen LogP contribution in [0.25, 0.3) is 10.4 Å². The fourth-order valence-corrected chi connectivity index (χ4v) is 2.94. The number of aliphatic hydroxyl groups excluding tert-OH is 1. The Morgan fingerprint density at radius 1 is 1.11 bits per heavy atom. The fraction of sp³-hybridized carbons (Fsp3) is 0.375. The van der Waals surface area contributed by atoms with Crippen LogP contribution in [0.1, 0.15) is 18.7 Å². The molecule has 0 aliphatic rings. The van der Waals surface area contributed by atoms with Crippen LogP contribution >= 0.6 is 11.3 Å². The molecule has 0 spiro atoms. The summed E-state index contributed by atoms with van der Waals surface area (Å²) < 4.78 is 0. The van der Waals surface area contributed by atoms with Gasteiger partial charge >= 0.3 is 0 Å². The van der Waals surface area contributed by atoms with Crippen LogP contribution < -0.4 is 5.32 Å². The van der Waals surface area contributed by atoms with Gasteiger partial charge in [-0.3, -0.25) is 0 Å². The molecule has 0 bridgehead atoms. The van der Waals surface area contributed by atoms with E-state index in [9.17, 15) is 5.11 Å². The third-order valence-electron chi connectivity index (χ3n) is 3.26. The molecule has 2 N–H and O–H groups in total. The molecule has 19 heavy (non-hydrogen) atoms. The van der Waals surface area contributed by atoms with Gasteiger partial charge in [0.1, 0.15) is 0 Å². The fourth-order valence-electron chi connectivity index (χ4n) is 1.97. The lowest BCUT2D eigenvalue weighted by atomic mass is 10.1. The highest BCUT2D eigenvalue weighted by Crippen LogP contribution is 2.27. The van der Waals surface area contributed by atoms with Crippen LogP contribution in [-0.4, -0.2) is 17.8 Å². The molecule has 0 saturated heterocycles. The van der Waals surface area contributed by atoms with Gasteiger partial charge in [-0.2, -0.15) is 0 Å². The first-order valence-corrected chi connectivity index (χ1v) is 7.50. The lowest BCUT2D eigenvalue weighted by Crippen LogP contribution is -2.36. The van der Waals surface area contributed by atoms with Crippen molar-refractivity contribution in [1.82, 2.24) is 5.32 Å². The maximum absolute atomic E-state index is 9.30. The van der Waals surface area contributed by atoms with Crippen molar-refractivity contribution in [1.29, 1.82) is 0 Å². The molecular formula is C16H21NOS. The highest BCUT2D eigenvalue weighted by atomic mass is 32.1. The minimum atomic E-state index is 0.169. The summed E-state index contributed by atoms with van der Waals surface area (Å²) in [6, 6.07) is 14.9. The highest BCUT2D eigenvalue weighted by molar-refractivity contribution is 7.15. The Hall–Kier alpha value is -1.16. The van der Waals surface area contributed by atoms with Crippen molar-refractivity contribution in [2.45, 2.75) is 26.4 Å². The smallest absolute Gasteiger partial charge is 0.0587 e. The van der Waals surface area contributed by atoms with E-state index in [1.54, 1.807) is 11.3 Å². The van der Waals surface area contributed by atoms with Crippen molar-refractivity contribution >= 4 is 11.3 Å². The van der Waals surface area contributed by atoms with E-state index in [-0.39, 0.29) is 12.6 Å². The van der Waals surface area contributed by atoms with Gasteiger partial charge in [-0.15, -0.1) is 11.3 Å². The summed E-state index contributed by atoms with van der Waals surface area (Å²) in [6.07, 6.45) is 0. The summed E-state index contributed by atoms with van der Waals surface area (Å²) in [4.78, 5) is 2.60. The molecule has 0 saturated carbocycles. The van der Waals surface area contributed by atoms with Crippen LogP contribution in [0.4, 0.5) is 0 Å². The third-order valence-corrected chi connectivity index (χ3v) is 4.39. The maximum Gasteiger partial charge on any atom is 0.0587 e. The van der Waals surface area contributed by atoms with E-state index in [1.165, 1.54) is 15.3 Å². The molecule has 1 unspecified atom stereocenters. The molecule has 2 aromatic rings. The lowest BCUT2D eigenvalue weighted by molar-refractivity contribution is 0.210. The average Bonchev–Trinajstić information content (AvgIpc) is 2.89. The van der Waals surface area contributed by atoms with Gasteiger partial charge in [0, 0.05) is 22.3 Å². The van der Waals surface area contributed by atoms with Crippen molar-refractivity contribution < 1.29 is 5.11 Å². The summed E-state index contributed by atoms with van der Waals surface area (Å²) >= 11 is 1.81. The first-order chi connectivity index (χ1) is 9.20. The quantitative estimate of drug-likeness (QED) is 0.845. The zero-order valence-corrected chi connectivity index (χ0v) is 12.3. The largest absolute Gasteiger partial charge is 0.395 e. The van der Waals surface area contributed by atoms with Crippen LogP contribution in [-0.2, 0) is 6.54 Å². The van der Waals surface area contributed by atoms with E-state index >= 15 is 0 Å². The van der Waals surface area contributed by atoms with Gasteiger partial charge in [0.2, 0.25) is 0 Å². The topological polar surface area (TPSA) is 32.3 Å². The highest BCUT2D eigenvalue weighted by Gasteiger charge is 2.11. The predicted octanol–water partition coefficient (Wildman–Crippen LogP) is 3.52. The molecule has 1 atom stereocenters. The van der Waals surface area contributed by atoms with E-state index in [1.807, 2.05) is 6.07 Å². The molecule has 2 rings (SSSR count). The van der Waals surface area contributed by atoms with Crippen molar-refractivity contribution in [3.05, 3.63) is 47.3 Å². The van der Waals surface area contributed by atoms with Gasteiger partial charge in [0.05, 0.1) is 6.61 Å². The SMILES string of the molecule is CC(C)C(CO)NCc1ccc(-c2ccccc2)s1. The average molecular weight is 275 g/mol. The number of hydrogen-bond donors (Lipinski definition) is 2. The molecule has 2 nitrogen and oxygen atoms in total. The number of nitrogens with one attached hydrogen (secondary N) is 1. The molecule has 1 aromatic heterocycles. The van der Waals surface area contributed by atoms with Gasteiger partial charge in [-0.25, -0.2) is 0 Å². The van der Waals surface area contributed by atoms with Crippen molar-refractivity contribution in [3.63, 3.8) is 0 Å². The number of aliphatic hydroxyl groups is 1. The molecule has 0 aliphatic carbocycles. The van der Waals surface area contributed by atoms with E-state index < -0.39 is 0 Å². The second kappa shape index (κ2) is 6.85. The number of rotatable bonds is 6. The molecule has 0 fully saturated rings. The Morgan fingerprint density at radius 3 is 2.47 bits per heavy atom. The Morgan fingerprint density at radius 2 is 1.84 bits per heavy atom. The Bertz CT molecular complexity index is 492. The minimum absolute atomic E-state index is 0.169. The normalized spacial score (nSPS) is 12.8. The number of thiophene rings is 1. The first-order valence-electron chi connectivity index (χ1n) is 6.69. The number of benzene rings is 1. The summed E-state index contributed by atoms with van der Waals surface area (Å²) in [7, 11) is 0. The summed E-state index contributed by atoms with van der Waals surface area (Å²) in [5.41, 5.74) is 1.27. The monoisotopic (exact) mass is 275 g/mol. The third kappa shape index (κ3) is 3.90.